The van der Waals surface area contributed by atoms with E-state index in [0.717, 1.165) is 49.3 Å². The molecule has 2 aromatic heterocycles. The van der Waals surface area contributed by atoms with Crippen LogP contribution >= 0.6 is 0 Å². The molecule has 0 spiro atoms. The highest BCUT2D eigenvalue weighted by molar-refractivity contribution is 5.69. The van der Waals surface area contributed by atoms with E-state index >= 15 is 0 Å². The summed E-state index contributed by atoms with van der Waals surface area (Å²) in [4.78, 5) is 13.6. The molecular formula is C15H22N4O. The van der Waals surface area contributed by atoms with Gasteiger partial charge in [-0.1, -0.05) is 20.3 Å². The van der Waals surface area contributed by atoms with Crippen molar-refractivity contribution in [1.29, 1.82) is 0 Å². The molecule has 1 aliphatic rings. The van der Waals surface area contributed by atoms with E-state index in [1.165, 1.54) is 6.42 Å². The fourth-order valence-electron chi connectivity index (χ4n) is 2.79. The van der Waals surface area contributed by atoms with E-state index in [4.69, 9.17) is 9.72 Å². The van der Waals surface area contributed by atoms with E-state index < -0.39 is 0 Å². The molecule has 20 heavy (non-hydrogen) atoms. The van der Waals surface area contributed by atoms with Crippen molar-refractivity contribution in [2.45, 2.75) is 58.1 Å². The first-order valence-electron chi connectivity index (χ1n) is 7.60. The first-order valence-corrected chi connectivity index (χ1v) is 7.60. The molecule has 2 aromatic rings. The molecule has 1 fully saturated rings. The van der Waals surface area contributed by atoms with Gasteiger partial charge in [-0.05, 0) is 25.7 Å². The number of imidazole rings is 1. The summed E-state index contributed by atoms with van der Waals surface area (Å²) in [5.41, 5.74) is 1.76. The quantitative estimate of drug-likeness (QED) is 0.857. The van der Waals surface area contributed by atoms with Crippen LogP contribution in [0, 0.1) is 0 Å². The average molecular weight is 274 g/mol. The summed E-state index contributed by atoms with van der Waals surface area (Å²) >= 11 is 0. The maximum atomic E-state index is 5.84. The van der Waals surface area contributed by atoms with Crippen molar-refractivity contribution in [3.63, 3.8) is 0 Å². The second-order valence-electron chi connectivity index (χ2n) is 5.60. The van der Waals surface area contributed by atoms with Crippen molar-refractivity contribution in [1.82, 2.24) is 19.5 Å². The minimum atomic E-state index is 0.0815. The molecule has 0 bridgehead atoms. The Bertz CT molecular complexity index is 574. The lowest BCUT2D eigenvalue weighted by atomic mass is 10.1. The van der Waals surface area contributed by atoms with E-state index in [1.54, 1.807) is 0 Å². The SMILES string of the molecule is CCC[C@@H](C)c1ncc2ncn(C3CCCCO3)c2n1. The zero-order valence-corrected chi connectivity index (χ0v) is 12.2. The van der Waals surface area contributed by atoms with Gasteiger partial charge in [0.25, 0.3) is 0 Å². The van der Waals surface area contributed by atoms with Crippen LogP contribution in [0.2, 0.25) is 0 Å². The summed E-state index contributed by atoms with van der Waals surface area (Å²) in [5, 5.41) is 0. The number of ether oxygens (including phenoxy) is 1. The smallest absolute Gasteiger partial charge is 0.165 e. The topological polar surface area (TPSA) is 52.8 Å². The van der Waals surface area contributed by atoms with E-state index in [2.05, 4.69) is 28.4 Å². The van der Waals surface area contributed by atoms with Gasteiger partial charge >= 0.3 is 0 Å². The number of hydrogen-bond donors (Lipinski definition) is 0. The van der Waals surface area contributed by atoms with E-state index in [1.807, 2.05) is 12.5 Å². The molecule has 3 heterocycles. The van der Waals surface area contributed by atoms with Crippen LogP contribution in [0.1, 0.15) is 63.9 Å². The van der Waals surface area contributed by atoms with Crippen molar-refractivity contribution in [3.8, 4) is 0 Å². The zero-order valence-electron chi connectivity index (χ0n) is 12.2. The minimum Gasteiger partial charge on any atom is -0.358 e. The molecule has 108 valence electrons. The Morgan fingerprint density at radius 2 is 2.30 bits per heavy atom. The third-order valence-electron chi connectivity index (χ3n) is 3.96. The standard InChI is InChI=1S/C15H22N4O/c1-3-6-11(2)14-16-9-12-15(18-14)19(10-17-12)13-7-4-5-8-20-13/h9-11,13H,3-8H2,1-2H3/t11-,13?/m1/s1. The van der Waals surface area contributed by atoms with Crippen LogP contribution in [0.4, 0.5) is 0 Å². The molecular weight excluding hydrogens is 252 g/mol. The minimum absolute atomic E-state index is 0.0815. The molecule has 5 heteroatoms. The fourth-order valence-corrected chi connectivity index (χ4v) is 2.79. The van der Waals surface area contributed by atoms with Gasteiger partial charge < -0.3 is 4.74 Å². The molecule has 0 amide bonds. The predicted octanol–water partition coefficient (Wildman–Crippen LogP) is 3.43. The zero-order chi connectivity index (χ0) is 13.9. The number of rotatable bonds is 4. The largest absolute Gasteiger partial charge is 0.358 e. The lowest BCUT2D eigenvalue weighted by molar-refractivity contribution is -0.0298. The molecule has 1 unspecified atom stereocenters. The first-order chi connectivity index (χ1) is 9.79. The Labute approximate surface area is 119 Å². The van der Waals surface area contributed by atoms with Gasteiger partial charge in [0.1, 0.15) is 17.6 Å². The second-order valence-corrected chi connectivity index (χ2v) is 5.60. The Kier molecular flexibility index (Phi) is 3.96. The summed E-state index contributed by atoms with van der Waals surface area (Å²) in [6.07, 6.45) is 9.40. The van der Waals surface area contributed by atoms with Crippen LogP contribution in [0.25, 0.3) is 11.2 Å². The van der Waals surface area contributed by atoms with E-state index in [-0.39, 0.29) is 6.23 Å². The highest BCUT2D eigenvalue weighted by atomic mass is 16.5. The van der Waals surface area contributed by atoms with Gasteiger partial charge in [-0.15, -0.1) is 0 Å². The predicted molar refractivity (Wildman–Crippen MR) is 77.5 cm³/mol. The first kappa shape index (κ1) is 13.5. The monoisotopic (exact) mass is 274 g/mol. The normalized spacial score (nSPS) is 21.2. The number of nitrogens with zero attached hydrogens (tertiary/aromatic N) is 4. The molecule has 0 N–H and O–H groups in total. The van der Waals surface area contributed by atoms with E-state index in [0.29, 0.717) is 5.92 Å². The Balaban J connectivity index is 1.94. The van der Waals surface area contributed by atoms with Crippen LogP contribution in [0.3, 0.4) is 0 Å². The lowest BCUT2D eigenvalue weighted by Crippen LogP contribution is -2.18. The number of aromatic nitrogens is 4. The van der Waals surface area contributed by atoms with Gasteiger partial charge in [0.15, 0.2) is 5.65 Å². The van der Waals surface area contributed by atoms with Crippen molar-refractivity contribution < 1.29 is 4.74 Å². The highest BCUT2D eigenvalue weighted by Gasteiger charge is 2.19. The molecule has 2 atom stereocenters. The van der Waals surface area contributed by atoms with Crippen molar-refractivity contribution >= 4 is 11.2 Å². The van der Waals surface area contributed by atoms with Crippen LogP contribution in [-0.4, -0.2) is 26.1 Å². The highest BCUT2D eigenvalue weighted by Crippen LogP contribution is 2.26. The van der Waals surface area contributed by atoms with Gasteiger partial charge in [0.2, 0.25) is 0 Å². The van der Waals surface area contributed by atoms with Crippen LogP contribution in [0.5, 0.6) is 0 Å². The summed E-state index contributed by atoms with van der Waals surface area (Å²) in [6.45, 7) is 5.20. The third kappa shape index (κ3) is 2.54. The van der Waals surface area contributed by atoms with Gasteiger partial charge in [-0.3, -0.25) is 4.57 Å². The molecule has 0 saturated carbocycles. The maximum absolute atomic E-state index is 5.84. The van der Waals surface area contributed by atoms with Gasteiger partial charge in [0.05, 0.1) is 12.5 Å². The summed E-state index contributed by atoms with van der Waals surface area (Å²) in [6, 6.07) is 0. The average Bonchev–Trinajstić information content (AvgIpc) is 2.91. The molecule has 1 saturated heterocycles. The summed E-state index contributed by atoms with van der Waals surface area (Å²) < 4.78 is 7.91. The van der Waals surface area contributed by atoms with Crippen LogP contribution < -0.4 is 0 Å². The number of hydrogen-bond acceptors (Lipinski definition) is 4. The Hall–Kier alpha value is -1.49. The summed E-state index contributed by atoms with van der Waals surface area (Å²) in [7, 11) is 0. The van der Waals surface area contributed by atoms with Crippen LogP contribution in [0.15, 0.2) is 12.5 Å². The third-order valence-corrected chi connectivity index (χ3v) is 3.96. The Morgan fingerprint density at radius 3 is 3.05 bits per heavy atom. The van der Waals surface area contributed by atoms with E-state index in [9.17, 15) is 0 Å². The molecule has 5 nitrogen and oxygen atoms in total. The number of fused-ring (bicyclic) bond motifs is 1. The summed E-state index contributed by atoms with van der Waals surface area (Å²) in [5.74, 6) is 1.30. The molecule has 1 aliphatic heterocycles. The Morgan fingerprint density at radius 1 is 1.40 bits per heavy atom. The van der Waals surface area contributed by atoms with Crippen LogP contribution in [-0.2, 0) is 4.74 Å². The lowest BCUT2D eigenvalue weighted by Gasteiger charge is -2.23. The van der Waals surface area contributed by atoms with Gasteiger partial charge in [-0.2, -0.15) is 0 Å². The second kappa shape index (κ2) is 5.87. The van der Waals surface area contributed by atoms with Gasteiger partial charge in [0, 0.05) is 12.5 Å². The van der Waals surface area contributed by atoms with Crippen molar-refractivity contribution in [2.24, 2.45) is 0 Å². The molecule has 3 rings (SSSR count). The van der Waals surface area contributed by atoms with Crippen molar-refractivity contribution in [2.75, 3.05) is 6.61 Å². The maximum Gasteiger partial charge on any atom is 0.165 e. The fraction of sp³-hybridized carbons (Fsp3) is 0.667. The molecule has 0 aliphatic carbocycles. The molecule has 0 radical (unpaired) electrons. The van der Waals surface area contributed by atoms with Crippen molar-refractivity contribution in [3.05, 3.63) is 18.3 Å². The van der Waals surface area contributed by atoms with Gasteiger partial charge in [-0.25, -0.2) is 15.0 Å². The molecule has 0 aromatic carbocycles.